The van der Waals surface area contributed by atoms with Crippen molar-refractivity contribution in [3.63, 3.8) is 0 Å². The number of rotatable bonds is 2. The van der Waals surface area contributed by atoms with Crippen molar-refractivity contribution >= 4 is 34.9 Å². The van der Waals surface area contributed by atoms with E-state index in [1.807, 2.05) is 17.5 Å². The lowest BCUT2D eigenvalue weighted by Crippen LogP contribution is -2.23. The van der Waals surface area contributed by atoms with E-state index in [-0.39, 0.29) is 5.11 Å². The molecule has 0 unspecified atom stereocenters. The highest BCUT2D eigenvalue weighted by Gasteiger charge is 1.85. The molecule has 0 atom stereocenters. The van der Waals surface area contributed by atoms with Gasteiger partial charge < -0.3 is 5.73 Å². The van der Waals surface area contributed by atoms with Gasteiger partial charge in [0.15, 0.2) is 5.11 Å². The van der Waals surface area contributed by atoms with Crippen molar-refractivity contribution in [1.29, 1.82) is 0 Å². The number of thiocarbonyl (C=S) groups is 1. The quantitative estimate of drug-likeness (QED) is 0.409. The van der Waals surface area contributed by atoms with E-state index >= 15 is 0 Å². The molecule has 0 aliphatic rings. The van der Waals surface area contributed by atoms with Gasteiger partial charge in [-0.3, -0.25) is 5.43 Å². The standard InChI is InChI=1S/C6H7N3S2/c7-6(10)9-8-4-5-2-1-3-11-5/h1-4H,(H3,7,9,10)/b8-4+. The minimum Gasteiger partial charge on any atom is -0.375 e. The zero-order valence-corrected chi connectivity index (χ0v) is 7.28. The summed E-state index contributed by atoms with van der Waals surface area (Å²) in [7, 11) is 0. The van der Waals surface area contributed by atoms with Gasteiger partial charge in [-0.1, -0.05) is 6.07 Å². The predicted molar refractivity (Wildman–Crippen MR) is 51.8 cm³/mol. The second-order valence-electron chi connectivity index (χ2n) is 1.75. The van der Waals surface area contributed by atoms with Crippen molar-refractivity contribution in [2.45, 2.75) is 0 Å². The second-order valence-corrected chi connectivity index (χ2v) is 3.17. The minimum absolute atomic E-state index is 0.179. The van der Waals surface area contributed by atoms with Crippen molar-refractivity contribution in [3.8, 4) is 0 Å². The van der Waals surface area contributed by atoms with Crippen molar-refractivity contribution in [3.05, 3.63) is 22.4 Å². The van der Waals surface area contributed by atoms with Crippen molar-refractivity contribution in [2.75, 3.05) is 0 Å². The van der Waals surface area contributed by atoms with Gasteiger partial charge in [-0.25, -0.2) is 0 Å². The highest BCUT2D eigenvalue weighted by Crippen LogP contribution is 2.03. The molecule has 0 saturated heterocycles. The third-order valence-electron chi connectivity index (χ3n) is 0.910. The highest BCUT2D eigenvalue weighted by atomic mass is 32.1. The maximum atomic E-state index is 5.14. The molecule has 11 heavy (non-hydrogen) atoms. The molecule has 0 aliphatic heterocycles. The number of thiophene rings is 1. The Balaban J connectivity index is 2.43. The fraction of sp³-hybridized carbons (Fsp3) is 0. The van der Waals surface area contributed by atoms with E-state index in [1.165, 1.54) is 0 Å². The molecule has 0 saturated carbocycles. The van der Waals surface area contributed by atoms with E-state index in [4.69, 9.17) is 5.73 Å². The van der Waals surface area contributed by atoms with Crippen LogP contribution in [0, 0.1) is 0 Å². The SMILES string of the molecule is NC(=S)N/N=C/c1cccs1. The number of nitrogens with two attached hydrogens (primary N) is 1. The molecule has 0 amide bonds. The van der Waals surface area contributed by atoms with Crippen LogP contribution in [0.3, 0.4) is 0 Å². The predicted octanol–water partition coefficient (Wildman–Crippen LogP) is 0.915. The van der Waals surface area contributed by atoms with Gasteiger partial charge in [-0.05, 0) is 23.7 Å². The molecule has 0 radical (unpaired) electrons. The number of nitrogens with one attached hydrogen (secondary N) is 1. The van der Waals surface area contributed by atoms with Gasteiger partial charge >= 0.3 is 0 Å². The zero-order chi connectivity index (χ0) is 8.10. The molecule has 1 aromatic rings. The minimum atomic E-state index is 0.179. The summed E-state index contributed by atoms with van der Waals surface area (Å²) >= 11 is 6.15. The summed E-state index contributed by atoms with van der Waals surface area (Å²) in [5, 5.41) is 5.94. The summed E-state index contributed by atoms with van der Waals surface area (Å²) in [6, 6.07) is 3.90. The van der Waals surface area contributed by atoms with E-state index < -0.39 is 0 Å². The molecule has 5 heteroatoms. The average molecular weight is 185 g/mol. The highest BCUT2D eigenvalue weighted by molar-refractivity contribution is 7.80. The van der Waals surface area contributed by atoms with Gasteiger partial charge in [-0.15, -0.1) is 11.3 Å². The number of hydrogen-bond acceptors (Lipinski definition) is 3. The lowest BCUT2D eigenvalue weighted by Gasteiger charge is -1.91. The summed E-state index contributed by atoms with van der Waals surface area (Å²) in [6.45, 7) is 0. The monoisotopic (exact) mass is 185 g/mol. The summed E-state index contributed by atoms with van der Waals surface area (Å²) in [5.74, 6) is 0. The van der Waals surface area contributed by atoms with E-state index in [2.05, 4.69) is 22.7 Å². The molecule has 3 nitrogen and oxygen atoms in total. The Labute approximate surface area is 73.9 Å². The molecule has 58 valence electrons. The van der Waals surface area contributed by atoms with Crippen LogP contribution in [0.25, 0.3) is 0 Å². The van der Waals surface area contributed by atoms with Crippen molar-refractivity contribution in [1.82, 2.24) is 5.43 Å². The molecule has 1 heterocycles. The first-order chi connectivity index (χ1) is 5.29. The van der Waals surface area contributed by atoms with Crippen LogP contribution in [-0.4, -0.2) is 11.3 Å². The lowest BCUT2D eigenvalue weighted by atomic mass is 10.5. The maximum Gasteiger partial charge on any atom is 0.184 e. The molecule has 0 fully saturated rings. The van der Waals surface area contributed by atoms with Gasteiger partial charge in [0.2, 0.25) is 0 Å². The molecule has 0 aliphatic carbocycles. The second kappa shape index (κ2) is 4.05. The van der Waals surface area contributed by atoms with Gasteiger partial charge in [0.25, 0.3) is 0 Å². The van der Waals surface area contributed by atoms with Gasteiger partial charge in [-0.2, -0.15) is 5.10 Å². The van der Waals surface area contributed by atoms with Gasteiger partial charge in [0.05, 0.1) is 6.21 Å². The van der Waals surface area contributed by atoms with Crippen LogP contribution in [0.15, 0.2) is 22.6 Å². The first-order valence-electron chi connectivity index (χ1n) is 2.91. The molecule has 3 N–H and O–H groups in total. The molecule has 0 bridgehead atoms. The maximum absolute atomic E-state index is 5.14. The summed E-state index contributed by atoms with van der Waals surface area (Å²) in [5.41, 5.74) is 7.61. The summed E-state index contributed by atoms with van der Waals surface area (Å²) < 4.78 is 0. The van der Waals surface area contributed by atoms with Crippen molar-refractivity contribution in [2.24, 2.45) is 10.8 Å². The van der Waals surface area contributed by atoms with Crippen LogP contribution >= 0.6 is 23.6 Å². The van der Waals surface area contributed by atoms with E-state index in [0.717, 1.165) is 4.88 Å². The molecule has 0 spiro atoms. The molecule has 1 aromatic heterocycles. The Kier molecular flexibility index (Phi) is 3.00. The van der Waals surface area contributed by atoms with Crippen LogP contribution in [-0.2, 0) is 0 Å². The third kappa shape index (κ3) is 3.10. The van der Waals surface area contributed by atoms with Crippen molar-refractivity contribution < 1.29 is 0 Å². The van der Waals surface area contributed by atoms with Crippen LogP contribution < -0.4 is 11.2 Å². The first kappa shape index (κ1) is 8.16. The molecule has 0 aromatic carbocycles. The zero-order valence-electron chi connectivity index (χ0n) is 5.65. The summed E-state index contributed by atoms with van der Waals surface area (Å²) in [6.07, 6.45) is 1.67. The van der Waals surface area contributed by atoms with Gasteiger partial charge in [0, 0.05) is 4.88 Å². The Bertz CT molecular complexity index is 253. The largest absolute Gasteiger partial charge is 0.375 e. The lowest BCUT2D eigenvalue weighted by molar-refractivity contribution is 1.04. The molecule has 1 rings (SSSR count). The van der Waals surface area contributed by atoms with Crippen LogP contribution in [0.5, 0.6) is 0 Å². The fourth-order valence-electron chi connectivity index (χ4n) is 0.524. The van der Waals surface area contributed by atoms with Crippen LogP contribution in [0.4, 0.5) is 0 Å². The summed E-state index contributed by atoms with van der Waals surface area (Å²) in [4.78, 5) is 1.06. The van der Waals surface area contributed by atoms with Gasteiger partial charge in [0.1, 0.15) is 0 Å². The molecular formula is C6H7N3S2. The topological polar surface area (TPSA) is 50.4 Å². The Hall–Kier alpha value is -0.940. The van der Waals surface area contributed by atoms with E-state index in [9.17, 15) is 0 Å². The molecular weight excluding hydrogens is 178 g/mol. The first-order valence-corrected chi connectivity index (χ1v) is 4.20. The van der Waals surface area contributed by atoms with E-state index in [0.29, 0.717) is 0 Å². The normalized spacial score (nSPS) is 10.2. The van der Waals surface area contributed by atoms with Crippen LogP contribution in [0.1, 0.15) is 4.88 Å². The fourth-order valence-corrected chi connectivity index (χ4v) is 1.16. The average Bonchev–Trinajstić information content (AvgIpc) is 2.39. The number of nitrogens with zero attached hydrogens (tertiary/aromatic N) is 1. The van der Waals surface area contributed by atoms with E-state index in [1.54, 1.807) is 17.6 Å². The Morgan fingerprint density at radius 1 is 1.82 bits per heavy atom. The Morgan fingerprint density at radius 3 is 3.18 bits per heavy atom. The smallest absolute Gasteiger partial charge is 0.184 e. The number of hydrazone groups is 1. The Morgan fingerprint density at radius 2 is 2.64 bits per heavy atom. The van der Waals surface area contributed by atoms with Crippen LogP contribution in [0.2, 0.25) is 0 Å². The third-order valence-corrected chi connectivity index (χ3v) is 1.81. The number of hydrogen-bond donors (Lipinski definition) is 2.